The highest BCUT2D eigenvalue weighted by Gasteiger charge is 2.63. The van der Waals surface area contributed by atoms with E-state index >= 15 is 0 Å². The Hall–Kier alpha value is -3.25. The molecule has 0 spiro atoms. The number of nitrogens with one attached hydrogen (secondary N) is 2. The standard InChI is InChI=1S/C19H15ClF5N5O4S/c1-30-12(13(35(2,33)34)14(29-30)18(21,22)19(23,24)25)16(32)27-9-3-4-11(20)10(7-9)15(31)28-17(8-26)5-6-17/h3-4,7H,5-6H2,1-2H3,(H,27,32)(H,28,31). The number of aromatic nitrogens is 2. The molecule has 1 aliphatic rings. The molecular weight excluding hydrogens is 525 g/mol. The van der Waals surface area contributed by atoms with Crippen molar-refractivity contribution < 1.29 is 40.0 Å². The summed E-state index contributed by atoms with van der Waals surface area (Å²) in [5.41, 5.74) is -4.63. The number of nitrogens with zero attached hydrogens (tertiary/aromatic N) is 3. The lowest BCUT2D eigenvalue weighted by Crippen LogP contribution is -2.35. The molecule has 0 saturated heterocycles. The Balaban J connectivity index is 2.01. The van der Waals surface area contributed by atoms with Crippen molar-refractivity contribution in [3.8, 4) is 6.07 Å². The first kappa shape index (κ1) is 26.4. The van der Waals surface area contributed by atoms with Crippen molar-refractivity contribution in [2.24, 2.45) is 7.05 Å². The number of nitriles is 1. The largest absolute Gasteiger partial charge is 0.459 e. The molecule has 16 heteroatoms. The first-order valence-corrected chi connectivity index (χ1v) is 11.8. The number of benzene rings is 1. The van der Waals surface area contributed by atoms with Gasteiger partial charge in [0.25, 0.3) is 11.8 Å². The lowest BCUT2D eigenvalue weighted by molar-refractivity contribution is -0.292. The molecule has 0 radical (unpaired) electrons. The fourth-order valence-electron chi connectivity index (χ4n) is 3.09. The van der Waals surface area contributed by atoms with Crippen LogP contribution in [0.1, 0.15) is 39.4 Å². The normalized spacial score (nSPS) is 15.3. The number of alkyl halides is 5. The summed E-state index contributed by atoms with van der Waals surface area (Å²) in [6.45, 7) is 0. The maximum Gasteiger partial charge on any atom is 0.459 e. The van der Waals surface area contributed by atoms with Gasteiger partial charge in [0.1, 0.15) is 16.1 Å². The molecule has 2 N–H and O–H groups in total. The Morgan fingerprint density at radius 1 is 1.20 bits per heavy atom. The third-order valence-electron chi connectivity index (χ3n) is 5.03. The first-order chi connectivity index (χ1) is 15.9. The zero-order valence-corrected chi connectivity index (χ0v) is 19.4. The van der Waals surface area contributed by atoms with Gasteiger partial charge in [0, 0.05) is 19.0 Å². The monoisotopic (exact) mass is 539 g/mol. The smallest absolute Gasteiger partial charge is 0.334 e. The number of anilines is 1. The van der Waals surface area contributed by atoms with Crippen LogP contribution < -0.4 is 10.6 Å². The van der Waals surface area contributed by atoms with Crippen LogP contribution in [0.4, 0.5) is 27.6 Å². The van der Waals surface area contributed by atoms with Crippen molar-refractivity contribution in [2.75, 3.05) is 11.6 Å². The summed E-state index contributed by atoms with van der Waals surface area (Å²) in [6, 6.07) is 5.36. The maximum absolute atomic E-state index is 14.0. The van der Waals surface area contributed by atoms with Gasteiger partial charge in [-0.15, -0.1) is 0 Å². The van der Waals surface area contributed by atoms with Gasteiger partial charge in [-0.1, -0.05) is 11.6 Å². The summed E-state index contributed by atoms with van der Waals surface area (Å²) in [4.78, 5) is 23.7. The number of sulfone groups is 1. The summed E-state index contributed by atoms with van der Waals surface area (Å²) in [5.74, 6) is -7.82. The molecule has 9 nitrogen and oxygen atoms in total. The van der Waals surface area contributed by atoms with E-state index in [0.717, 1.165) is 13.1 Å². The van der Waals surface area contributed by atoms with Crippen molar-refractivity contribution in [1.82, 2.24) is 15.1 Å². The number of hydrogen-bond acceptors (Lipinski definition) is 6. The average molecular weight is 540 g/mol. The molecule has 1 saturated carbocycles. The van der Waals surface area contributed by atoms with Crippen molar-refractivity contribution in [1.29, 1.82) is 5.26 Å². The van der Waals surface area contributed by atoms with Crippen LogP contribution in [-0.4, -0.2) is 48.0 Å². The Kier molecular flexibility index (Phi) is 6.36. The van der Waals surface area contributed by atoms with E-state index in [1.165, 1.54) is 12.1 Å². The van der Waals surface area contributed by atoms with E-state index in [-0.39, 0.29) is 21.0 Å². The Labute approximate surface area is 199 Å². The molecule has 1 aromatic carbocycles. The fourth-order valence-corrected chi connectivity index (χ4v) is 4.39. The van der Waals surface area contributed by atoms with Crippen LogP contribution in [-0.2, 0) is 22.8 Å². The minimum Gasteiger partial charge on any atom is -0.334 e. The maximum atomic E-state index is 14.0. The van der Waals surface area contributed by atoms with Gasteiger partial charge in [-0.3, -0.25) is 14.3 Å². The molecule has 1 aliphatic carbocycles. The molecule has 3 rings (SSSR count). The molecule has 0 atom stereocenters. The topological polar surface area (TPSA) is 134 Å². The minimum atomic E-state index is -6.19. The second kappa shape index (κ2) is 8.45. The minimum absolute atomic E-state index is 0.0706. The lowest BCUT2D eigenvalue weighted by atomic mass is 10.1. The van der Waals surface area contributed by atoms with E-state index in [0.29, 0.717) is 19.1 Å². The Bertz CT molecular complexity index is 1380. The van der Waals surface area contributed by atoms with E-state index in [1.807, 2.05) is 6.07 Å². The van der Waals surface area contributed by atoms with Gasteiger partial charge in [-0.2, -0.15) is 32.3 Å². The summed E-state index contributed by atoms with van der Waals surface area (Å²) in [7, 11) is -3.99. The van der Waals surface area contributed by atoms with Crippen molar-refractivity contribution in [2.45, 2.75) is 35.4 Å². The van der Waals surface area contributed by atoms with Gasteiger partial charge >= 0.3 is 12.1 Å². The molecule has 0 unspecified atom stereocenters. The Morgan fingerprint density at radius 3 is 2.29 bits per heavy atom. The summed E-state index contributed by atoms with van der Waals surface area (Å²) in [5, 5.41) is 16.6. The third-order valence-corrected chi connectivity index (χ3v) is 6.49. The molecule has 0 bridgehead atoms. The summed E-state index contributed by atoms with van der Waals surface area (Å²) >= 11 is 6.00. The zero-order valence-electron chi connectivity index (χ0n) is 17.8. The van der Waals surface area contributed by atoms with Crippen LogP contribution >= 0.6 is 11.6 Å². The van der Waals surface area contributed by atoms with Crippen LogP contribution in [0.2, 0.25) is 5.02 Å². The van der Waals surface area contributed by atoms with Gasteiger partial charge in [0.05, 0.1) is 16.7 Å². The van der Waals surface area contributed by atoms with Crippen molar-refractivity contribution in [3.63, 3.8) is 0 Å². The van der Waals surface area contributed by atoms with Crippen LogP contribution in [0.25, 0.3) is 0 Å². The molecule has 1 fully saturated rings. The van der Waals surface area contributed by atoms with E-state index in [2.05, 4.69) is 15.7 Å². The van der Waals surface area contributed by atoms with Crippen LogP contribution in [0, 0.1) is 11.3 Å². The molecule has 2 amide bonds. The molecular formula is C19H15ClF5N5O4S. The number of halogens is 6. The van der Waals surface area contributed by atoms with Crippen LogP contribution in [0.5, 0.6) is 0 Å². The second-order valence-corrected chi connectivity index (χ2v) is 10.2. The second-order valence-electron chi connectivity index (χ2n) is 7.79. The molecule has 0 aliphatic heterocycles. The molecule has 1 heterocycles. The number of amides is 2. The van der Waals surface area contributed by atoms with Gasteiger partial charge in [0.2, 0.25) is 0 Å². The first-order valence-electron chi connectivity index (χ1n) is 9.50. The average Bonchev–Trinajstić information content (AvgIpc) is 3.39. The highest BCUT2D eigenvalue weighted by atomic mass is 35.5. The SMILES string of the molecule is Cn1nc(C(F)(F)C(F)(F)F)c(S(C)(=O)=O)c1C(=O)Nc1ccc(Cl)c(C(=O)NC2(C#N)CC2)c1. The van der Waals surface area contributed by atoms with E-state index in [4.69, 9.17) is 16.9 Å². The van der Waals surface area contributed by atoms with Crippen molar-refractivity contribution >= 4 is 38.9 Å². The molecule has 2 aromatic rings. The quantitative estimate of drug-likeness (QED) is 0.542. The summed E-state index contributed by atoms with van der Waals surface area (Å²) in [6.07, 6.45) is -4.99. The summed E-state index contributed by atoms with van der Waals surface area (Å²) < 4.78 is 91.3. The number of rotatable bonds is 6. The van der Waals surface area contributed by atoms with Crippen molar-refractivity contribution in [3.05, 3.63) is 40.2 Å². The number of carbonyl (C=O) groups excluding carboxylic acids is 2. The molecule has 35 heavy (non-hydrogen) atoms. The highest BCUT2D eigenvalue weighted by Crippen LogP contribution is 2.46. The zero-order chi connectivity index (χ0) is 26.6. The predicted molar refractivity (Wildman–Crippen MR) is 111 cm³/mol. The van der Waals surface area contributed by atoms with Gasteiger partial charge in [-0.25, -0.2) is 8.42 Å². The number of aryl methyl sites for hydroxylation is 1. The number of hydrogen-bond donors (Lipinski definition) is 2. The van der Waals surface area contributed by atoms with E-state index in [9.17, 15) is 40.0 Å². The van der Waals surface area contributed by atoms with Gasteiger partial charge in [0.15, 0.2) is 15.5 Å². The lowest BCUT2D eigenvalue weighted by Gasteiger charge is -2.18. The number of carbonyl (C=O) groups is 2. The molecule has 1 aromatic heterocycles. The van der Waals surface area contributed by atoms with Crippen LogP contribution in [0.15, 0.2) is 23.1 Å². The van der Waals surface area contributed by atoms with Gasteiger partial charge in [-0.05, 0) is 31.0 Å². The van der Waals surface area contributed by atoms with Gasteiger partial charge < -0.3 is 10.6 Å². The molecule has 188 valence electrons. The predicted octanol–water partition coefficient (Wildman–Crippen LogP) is 3.17. The Morgan fingerprint density at radius 2 is 1.80 bits per heavy atom. The van der Waals surface area contributed by atoms with E-state index in [1.54, 1.807) is 0 Å². The highest BCUT2D eigenvalue weighted by molar-refractivity contribution is 7.90. The van der Waals surface area contributed by atoms with Crippen LogP contribution in [0.3, 0.4) is 0 Å². The van der Waals surface area contributed by atoms with E-state index < -0.39 is 55.6 Å². The fraction of sp³-hybridized carbons (Fsp3) is 0.368. The third kappa shape index (κ3) is 4.94.